The molecular formula is C15H25NO2. The fourth-order valence-corrected chi connectivity index (χ4v) is 1.67. The lowest BCUT2D eigenvalue weighted by Crippen LogP contribution is -2.20. The lowest BCUT2D eigenvalue weighted by molar-refractivity contribution is 0.238. The molecule has 1 rings (SSSR count). The highest BCUT2D eigenvalue weighted by molar-refractivity contribution is 5.40. The maximum absolute atomic E-state index is 5.83. The number of methoxy groups -OCH3 is 1. The van der Waals surface area contributed by atoms with E-state index in [0.29, 0.717) is 5.92 Å². The zero-order valence-corrected chi connectivity index (χ0v) is 12.1. The van der Waals surface area contributed by atoms with Crippen LogP contribution in [0.25, 0.3) is 0 Å². The number of benzene rings is 1. The van der Waals surface area contributed by atoms with Crippen LogP contribution in [0.5, 0.6) is 11.5 Å². The number of ether oxygens (including phenoxy) is 2. The van der Waals surface area contributed by atoms with Gasteiger partial charge in [0.2, 0.25) is 0 Å². The first kappa shape index (κ1) is 14.8. The second kappa shape index (κ2) is 7.27. The summed E-state index contributed by atoms with van der Waals surface area (Å²) in [5.41, 5.74) is 1.17. The predicted octanol–water partition coefficient (Wildman–Crippen LogP) is 3.23. The van der Waals surface area contributed by atoms with Crippen molar-refractivity contribution in [3.63, 3.8) is 0 Å². The van der Waals surface area contributed by atoms with Crippen molar-refractivity contribution in [3.05, 3.63) is 23.8 Å². The van der Waals surface area contributed by atoms with Crippen molar-refractivity contribution in [2.45, 2.75) is 40.3 Å². The Balaban J connectivity index is 2.74. The van der Waals surface area contributed by atoms with Crippen LogP contribution in [0.1, 0.15) is 33.3 Å². The Morgan fingerprint density at radius 1 is 1.17 bits per heavy atom. The molecule has 102 valence electrons. The normalized spacial score (nSPS) is 11.1. The average Bonchev–Trinajstić information content (AvgIpc) is 2.29. The van der Waals surface area contributed by atoms with E-state index in [1.54, 1.807) is 7.11 Å². The van der Waals surface area contributed by atoms with Crippen LogP contribution in [0.2, 0.25) is 0 Å². The summed E-state index contributed by atoms with van der Waals surface area (Å²) in [6.45, 7) is 10.3. The molecule has 0 atom stereocenters. The third-order valence-electron chi connectivity index (χ3n) is 2.51. The van der Waals surface area contributed by atoms with Gasteiger partial charge in [0, 0.05) is 18.2 Å². The fraction of sp³-hybridized carbons (Fsp3) is 0.600. The van der Waals surface area contributed by atoms with Gasteiger partial charge < -0.3 is 14.8 Å². The Morgan fingerprint density at radius 3 is 2.44 bits per heavy atom. The zero-order valence-electron chi connectivity index (χ0n) is 12.1. The van der Waals surface area contributed by atoms with Gasteiger partial charge in [-0.3, -0.25) is 0 Å². The van der Waals surface area contributed by atoms with Crippen molar-refractivity contribution < 1.29 is 9.47 Å². The number of hydrogen-bond acceptors (Lipinski definition) is 3. The van der Waals surface area contributed by atoms with E-state index >= 15 is 0 Å². The van der Waals surface area contributed by atoms with E-state index in [1.165, 1.54) is 5.56 Å². The van der Waals surface area contributed by atoms with E-state index in [1.807, 2.05) is 26.0 Å². The summed E-state index contributed by atoms with van der Waals surface area (Å²) < 4.78 is 11.1. The number of rotatable bonds is 7. The van der Waals surface area contributed by atoms with Gasteiger partial charge in [0.25, 0.3) is 0 Å². The first-order valence-corrected chi connectivity index (χ1v) is 6.57. The van der Waals surface area contributed by atoms with Crippen molar-refractivity contribution in [2.75, 3.05) is 13.7 Å². The topological polar surface area (TPSA) is 30.5 Å². The van der Waals surface area contributed by atoms with E-state index < -0.39 is 0 Å². The first-order chi connectivity index (χ1) is 8.52. The third kappa shape index (κ3) is 4.96. The molecule has 0 aliphatic rings. The highest BCUT2D eigenvalue weighted by atomic mass is 16.5. The number of hydrogen-bond donors (Lipinski definition) is 1. The molecule has 0 aromatic heterocycles. The second-order valence-corrected chi connectivity index (χ2v) is 5.17. The first-order valence-electron chi connectivity index (χ1n) is 6.57. The monoisotopic (exact) mass is 251 g/mol. The molecular weight excluding hydrogens is 226 g/mol. The molecule has 0 bridgehead atoms. The molecule has 0 fully saturated rings. The molecule has 0 amide bonds. The average molecular weight is 251 g/mol. The molecule has 0 spiro atoms. The molecule has 0 saturated heterocycles. The summed E-state index contributed by atoms with van der Waals surface area (Å²) in [7, 11) is 1.67. The Bertz CT molecular complexity index is 362. The Morgan fingerprint density at radius 2 is 1.89 bits per heavy atom. The van der Waals surface area contributed by atoms with Crippen LogP contribution < -0.4 is 14.8 Å². The largest absolute Gasteiger partial charge is 0.497 e. The quantitative estimate of drug-likeness (QED) is 0.807. The molecule has 0 aliphatic heterocycles. The smallest absolute Gasteiger partial charge is 0.127 e. The third-order valence-corrected chi connectivity index (χ3v) is 2.51. The Labute approximate surface area is 110 Å². The molecule has 0 saturated carbocycles. The minimum Gasteiger partial charge on any atom is -0.497 e. The van der Waals surface area contributed by atoms with Gasteiger partial charge in [0.05, 0.1) is 13.2 Å². The van der Waals surface area contributed by atoms with E-state index in [9.17, 15) is 0 Å². The molecule has 1 aromatic carbocycles. The summed E-state index contributed by atoms with van der Waals surface area (Å²) in [6.07, 6.45) is 0.168. The Hall–Kier alpha value is -1.22. The van der Waals surface area contributed by atoms with Crippen molar-refractivity contribution in [3.8, 4) is 11.5 Å². The van der Waals surface area contributed by atoms with Crippen LogP contribution in [0, 0.1) is 5.92 Å². The summed E-state index contributed by atoms with van der Waals surface area (Å²) in [5.74, 6) is 2.39. The minimum atomic E-state index is 0.168. The van der Waals surface area contributed by atoms with Crippen LogP contribution in [0.4, 0.5) is 0 Å². The molecule has 3 heteroatoms. The number of nitrogens with one attached hydrogen (secondary N) is 1. The molecule has 0 aliphatic carbocycles. The van der Waals surface area contributed by atoms with Gasteiger partial charge in [-0.25, -0.2) is 0 Å². The minimum absolute atomic E-state index is 0.168. The second-order valence-electron chi connectivity index (χ2n) is 5.17. The molecule has 0 radical (unpaired) electrons. The van der Waals surface area contributed by atoms with Gasteiger partial charge in [0.1, 0.15) is 11.5 Å². The standard InChI is InChI=1S/C15H25NO2/c1-11(2)9-16-10-13-6-7-14(17-5)8-15(13)18-12(3)4/h6-8,11-12,16H,9-10H2,1-5H3. The van der Waals surface area contributed by atoms with Crippen molar-refractivity contribution >= 4 is 0 Å². The molecule has 18 heavy (non-hydrogen) atoms. The fourth-order valence-electron chi connectivity index (χ4n) is 1.67. The summed E-state index contributed by atoms with van der Waals surface area (Å²) in [5, 5.41) is 3.43. The summed E-state index contributed by atoms with van der Waals surface area (Å²) in [4.78, 5) is 0. The zero-order chi connectivity index (χ0) is 13.5. The van der Waals surface area contributed by atoms with Crippen LogP contribution in [0.15, 0.2) is 18.2 Å². The highest BCUT2D eigenvalue weighted by Crippen LogP contribution is 2.25. The van der Waals surface area contributed by atoms with Crippen LogP contribution >= 0.6 is 0 Å². The van der Waals surface area contributed by atoms with Crippen LogP contribution in [-0.4, -0.2) is 19.8 Å². The predicted molar refractivity (Wildman–Crippen MR) is 75.3 cm³/mol. The molecule has 3 nitrogen and oxygen atoms in total. The van der Waals surface area contributed by atoms with Gasteiger partial charge >= 0.3 is 0 Å². The Kier molecular flexibility index (Phi) is 5.99. The van der Waals surface area contributed by atoms with Gasteiger partial charge in [-0.1, -0.05) is 19.9 Å². The molecule has 0 unspecified atom stereocenters. The maximum Gasteiger partial charge on any atom is 0.127 e. The molecule has 0 heterocycles. The SMILES string of the molecule is COc1ccc(CNCC(C)C)c(OC(C)C)c1. The van der Waals surface area contributed by atoms with Crippen molar-refractivity contribution in [1.82, 2.24) is 5.32 Å². The van der Waals surface area contributed by atoms with Crippen LogP contribution in [-0.2, 0) is 6.54 Å². The van der Waals surface area contributed by atoms with Gasteiger partial charge in [-0.05, 0) is 32.4 Å². The summed E-state index contributed by atoms with van der Waals surface area (Å²) >= 11 is 0. The van der Waals surface area contributed by atoms with E-state index in [-0.39, 0.29) is 6.10 Å². The van der Waals surface area contributed by atoms with Crippen molar-refractivity contribution in [1.29, 1.82) is 0 Å². The van der Waals surface area contributed by atoms with E-state index in [2.05, 4.69) is 25.2 Å². The van der Waals surface area contributed by atoms with Gasteiger partial charge in [0.15, 0.2) is 0 Å². The van der Waals surface area contributed by atoms with Gasteiger partial charge in [-0.15, -0.1) is 0 Å². The summed E-state index contributed by atoms with van der Waals surface area (Å²) in [6, 6.07) is 5.98. The van der Waals surface area contributed by atoms with E-state index in [4.69, 9.17) is 9.47 Å². The lowest BCUT2D eigenvalue weighted by Gasteiger charge is -2.16. The van der Waals surface area contributed by atoms with Crippen LogP contribution in [0.3, 0.4) is 0 Å². The highest BCUT2D eigenvalue weighted by Gasteiger charge is 2.07. The van der Waals surface area contributed by atoms with E-state index in [0.717, 1.165) is 24.6 Å². The maximum atomic E-state index is 5.83. The lowest BCUT2D eigenvalue weighted by atomic mass is 10.1. The van der Waals surface area contributed by atoms with Gasteiger partial charge in [-0.2, -0.15) is 0 Å². The van der Waals surface area contributed by atoms with Crippen molar-refractivity contribution in [2.24, 2.45) is 5.92 Å². The molecule has 1 N–H and O–H groups in total. The molecule has 1 aromatic rings.